The standard InChI is InChI=1S/C11H16ClNO5S2/c1-7(2)20(16,17)13-9-5-8(3)6-10(11(9)18-4)19(12,14)15/h5-7,13H,1-4H3. The van der Waals surface area contributed by atoms with Crippen LogP contribution in [0.15, 0.2) is 17.0 Å². The van der Waals surface area contributed by atoms with Crippen molar-refractivity contribution in [3.8, 4) is 5.75 Å². The Morgan fingerprint density at radius 3 is 2.15 bits per heavy atom. The van der Waals surface area contributed by atoms with Gasteiger partial charge in [-0.25, -0.2) is 16.8 Å². The van der Waals surface area contributed by atoms with E-state index in [-0.39, 0.29) is 16.3 Å². The number of halogens is 1. The highest BCUT2D eigenvalue weighted by Crippen LogP contribution is 2.36. The Balaban J connectivity index is 3.53. The first-order valence-electron chi connectivity index (χ1n) is 5.64. The molecule has 1 aromatic rings. The Morgan fingerprint density at radius 2 is 1.75 bits per heavy atom. The molecule has 0 aliphatic carbocycles. The summed E-state index contributed by atoms with van der Waals surface area (Å²) in [6.07, 6.45) is 0. The lowest BCUT2D eigenvalue weighted by Crippen LogP contribution is -2.23. The van der Waals surface area contributed by atoms with Gasteiger partial charge < -0.3 is 4.74 Å². The predicted octanol–water partition coefficient (Wildman–Crippen LogP) is 2.08. The van der Waals surface area contributed by atoms with Crippen LogP contribution in [0.5, 0.6) is 5.75 Å². The Kier molecular flexibility index (Phi) is 4.94. The normalized spacial score (nSPS) is 12.5. The second-order valence-electron chi connectivity index (χ2n) is 4.48. The highest BCUT2D eigenvalue weighted by molar-refractivity contribution is 8.13. The third-order valence-electron chi connectivity index (χ3n) is 2.54. The van der Waals surface area contributed by atoms with Gasteiger partial charge in [-0.1, -0.05) is 0 Å². The van der Waals surface area contributed by atoms with Gasteiger partial charge in [0.2, 0.25) is 10.0 Å². The highest BCUT2D eigenvalue weighted by Gasteiger charge is 2.24. The molecule has 114 valence electrons. The number of anilines is 1. The maximum absolute atomic E-state index is 11.9. The van der Waals surface area contributed by atoms with Crippen LogP contribution in [-0.2, 0) is 19.1 Å². The molecule has 0 radical (unpaired) electrons. The first kappa shape index (κ1) is 17.1. The van der Waals surface area contributed by atoms with Gasteiger partial charge >= 0.3 is 0 Å². The lowest BCUT2D eigenvalue weighted by atomic mass is 10.2. The number of ether oxygens (including phenoxy) is 1. The number of rotatable bonds is 5. The minimum atomic E-state index is -4.05. The van der Waals surface area contributed by atoms with Crippen LogP contribution in [0.3, 0.4) is 0 Å². The Morgan fingerprint density at radius 1 is 1.20 bits per heavy atom. The minimum Gasteiger partial charge on any atom is -0.493 e. The van der Waals surface area contributed by atoms with Crippen molar-refractivity contribution in [3.63, 3.8) is 0 Å². The maximum atomic E-state index is 11.9. The summed E-state index contributed by atoms with van der Waals surface area (Å²) in [6, 6.07) is 2.79. The molecule has 0 aromatic heterocycles. The molecule has 20 heavy (non-hydrogen) atoms. The van der Waals surface area contributed by atoms with E-state index in [0.717, 1.165) is 0 Å². The van der Waals surface area contributed by atoms with Crippen molar-refractivity contribution in [2.45, 2.75) is 30.9 Å². The summed E-state index contributed by atoms with van der Waals surface area (Å²) < 4.78 is 54.1. The van der Waals surface area contributed by atoms with E-state index in [1.165, 1.54) is 33.1 Å². The number of benzene rings is 1. The summed E-state index contributed by atoms with van der Waals surface area (Å²) >= 11 is 0. The van der Waals surface area contributed by atoms with Crippen LogP contribution in [0.1, 0.15) is 19.4 Å². The summed E-state index contributed by atoms with van der Waals surface area (Å²) in [6.45, 7) is 4.63. The molecule has 0 saturated heterocycles. The van der Waals surface area contributed by atoms with Crippen LogP contribution in [-0.4, -0.2) is 29.2 Å². The van der Waals surface area contributed by atoms with E-state index in [9.17, 15) is 16.8 Å². The number of methoxy groups -OCH3 is 1. The molecule has 0 bridgehead atoms. The molecule has 1 rings (SSSR count). The molecule has 0 unspecified atom stereocenters. The van der Waals surface area contributed by atoms with Gasteiger partial charge in [-0.05, 0) is 38.5 Å². The third kappa shape index (κ3) is 3.77. The Hall–Kier alpha value is -0.990. The first-order chi connectivity index (χ1) is 8.99. The van der Waals surface area contributed by atoms with Gasteiger partial charge in [-0.15, -0.1) is 0 Å². The van der Waals surface area contributed by atoms with E-state index >= 15 is 0 Å². The molecular weight excluding hydrogens is 326 g/mol. The lowest BCUT2D eigenvalue weighted by Gasteiger charge is -2.16. The quantitative estimate of drug-likeness (QED) is 0.828. The molecule has 0 amide bonds. The summed E-state index contributed by atoms with van der Waals surface area (Å²) in [5, 5.41) is -0.677. The maximum Gasteiger partial charge on any atom is 0.265 e. The summed E-state index contributed by atoms with van der Waals surface area (Å²) in [4.78, 5) is -0.275. The van der Waals surface area contributed by atoms with E-state index < -0.39 is 24.3 Å². The average molecular weight is 342 g/mol. The van der Waals surface area contributed by atoms with Crippen LogP contribution in [0, 0.1) is 6.92 Å². The highest BCUT2D eigenvalue weighted by atomic mass is 35.7. The van der Waals surface area contributed by atoms with Gasteiger partial charge in [0.15, 0.2) is 5.75 Å². The SMILES string of the molecule is COc1c(NS(=O)(=O)C(C)C)cc(C)cc1S(=O)(=O)Cl. The minimum absolute atomic E-state index is 0.0421. The number of aryl methyl sites for hydroxylation is 1. The topological polar surface area (TPSA) is 89.5 Å². The molecule has 1 aromatic carbocycles. The molecule has 0 atom stereocenters. The first-order valence-corrected chi connectivity index (χ1v) is 9.49. The van der Waals surface area contributed by atoms with E-state index in [4.69, 9.17) is 15.4 Å². The second kappa shape index (κ2) is 5.79. The van der Waals surface area contributed by atoms with Gasteiger partial charge in [0.25, 0.3) is 9.05 Å². The second-order valence-corrected chi connectivity index (χ2v) is 9.25. The smallest absolute Gasteiger partial charge is 0.265 e. The Labute approximate surface area is 123 Å². The zero-order chi connectivity index (χ0) is 15.7. The predicted molar refractivity (Wildman–Crippen MR) is 78.4 cm³/mol. The van der Waals surface area contributed by atoms with Crippen LogP contribution >= 0.6 is 10.7 Å². The average Bonchev–Trinajstić information content (AvgIpc) is 2.26. The molecule has 0 spiro atoms. The van der Waals surface area contributed by atoms with Crippen molar-refractivity contribution in [2.75, 3.05) is 11.8 Å². The van der Waals surface area contributed by atoms with Gasteiger partial charge in [0.1, 0.15) is 4.90 Å². The summed E-state index contributed by atoms with van der Waals surface area (Å²) in [7, 11) is -1.11. The van der Waals surface area contributed by atoms with Crippen LogP contribution in [0.2, 0.25) is 0 Å². The molecule has 0 aliphatic heterocycles. The van der Waals surface area contributed by atoms with E-state index in [1.54, 1.807) is 6.92 Å². The largest absolute Gasteiger partial charge is 0.493 e. The number of nitrogens with one attached hydrogen (secondary N) is 1. The Bertz CT molecular complexity index is 711. The molecule has 6 nitrogen and oxygen atoms in total. The van der Waals surface area contributed by atoms with Gasteiger partial charge in [0.05, 0.1) is 18.0 Å². The molecule has 0 heterocycles. The van der Waals surface area contributed by atoms with Crippen molar-refractivity contribution in [1.82, 2.24) is 0 Å². The number of sulfonamides is 1. The van der Waals surface area contributed by atoms with Crippen LogP contribution in [0.4, 0.5) is 5.69 Å². The summed E-state index contributed by atoms with van der Waals surface area (Å²) in [5.74, 6) is -0.130. The van der Waals surface area contributed by atoms with Crippen LogP contribution < -0.4 is 9.46 Å². The fourth-order valence-corrected chi connectivity index (χ4v) is 3.26. The van der Waals surface area contributed by atoms with Crippen molar-refractivity contribution < 1.29 is 21.6 Å². The van der Waals surface area contributed by atoms with E-state index in [2.05, 4.69) is 4.72 Å². The molecule has 1 N–H and O–H groups in total. The monoisotopic (exact) mass is 341 g/mol. The van der Waals surface area contributed by atoms with Crippen molar-refractivity contribution >= 4 is 35.4 Å². The van der Waals surface area contributed by atoms with E-state index in [1.807, 2.05) is 0 Å². The number of hydrogen-bond donors (Lipinski definition) is 1. The zero-order valence-electron chi connectivity index (χ0n) is 11.5. The van der Waals surface area contributed by atoms with Gasteiger partial charge in [-0.3, -0.25) is 4.72 Å². The van der Waals surface area contributed by atoms with Crippen LogP contribution in [0.25, 0.3) is 0 Å². The van der Waals surface area contributed by atoms with Gasteiger partial charge in [0, 0.05) is 10.7 Å². The lowest BCUT2D eigenvalue weighted by molar-refractivity contribution is 0.405. The fraction of sp³-hybridized carbons (Fsp3) is 0.455. The van der Waals surface area contributed by atoms with E-state index in [0.29, 0.717) is 5.56 Å². The number of hydrogen-bond acceptors (Lipinski definition) is 5. The molecule has 0 aliphatic rings. The third-order valence-corrected chi connectivity index (χ3v) is 5.61. The van der Waals surface area contributed by atoms with Crippen molar-refractivity contribution in [1.29, 1.82) is 0 Å². The molecular formula is C11H16ClNO5S2. The molecule has 0 saturated carbocycles. The summed E-state index contributed by atoms with van der Waals surface area (Å²) in [5.41, 5.74) is 0.576. The molecule has 9 heteroatoms. The fourth-order valence-electron chi connectivity index (χ4n) is 1.48. The zero-order valence-corrected chi connectivity index (χ0v) is 13.9. The van der Waals surface area contributed by atoms with Gasteiger partial charge in [-0.2, -0.15) is 0 Å². The van der Waals surface area contributed by atoms with Crippen molar-refractivity contribution in [3.05, 3.63) is 17.7 Å². The van der Waals surface area contributed by atoms with Crippen molar-refractivity contribution in [2.24, 2.45) is 0 Å². The molecule has 0 fully saturated rings.